The van der Waals surface area contributed by atoms with Gasteiger partial charge in [-0.05, 0) is 43.3 Å². The van der Waals surface area contributed by atoms with Crippen LogP contribution in [0.3, 0.4) is 0 Å². The van der Waals surface area contributed by atoms with Crippen molar-refractivity contribution < 1.29 is 8.78 Å². The summed E-state index contributed by atoms with van der Waals surface area (Å²) in [6.45, 7) is 4.45. The van der Waals surface area contributed by atoms with Crippen LogP contribution in [0.15, 0.2) is 63.5 Å². The van der Waals surface area contributed by atoms with E-state index in [-0.39, 0.29) is 20.5 Å². The highest BCUT2D eigenvalue weighted by atomic mass is 35.5. The largest absolute Gasteiger partial charge is 0.379 e. The summed E-state index contributed by atoms with van der Waals surface area (Å²) in [5.41, 5.74) is 2.92. The van der Waals surface area contributed by atoms with Gasteiger partial charge in [-0.25, -0.2) is 18.3 Å². The van der Waals surface area contributed by atoms with E-state index in [0.29, 0.717) is 28.3 Å². The molecule has 0 aliphatic rings. The van der Waals surface area contributed by atoms with Crippen molar-refractivity contribution in [2.24, 2.45) is 0 Å². The minimum atomic E-state index is -0.698. The Bertz CT molecular complexity index is 1720. The lowest BCUT2D eigenvalue weighted by Crippen LogP contribution is -2.14. The Morgan fingerprint density at radius 2 is 1.84 bits per heavy atom. The molecule has 0 saturated carbocycles. The molecule has 7 nitrogen and oxygen atoms in total. The average Bonchev–Trinajstić information content (AvgIpc) is 3.25. The number of nitrogens with zero attached hydrogens (tertiary/aromatic N) is 4. The monoisotopic (exact) mass is 572 g/mol. The van der Waals surface area contributed by atoms with Gasteiger partial charge in [0.15, 0.2) is 0 Å². The topological polar surface area (TPSA) is 88.0 Å². The highest BCUT2D eigenvalue weighted by Crippen LogP contribution is 2.38. The van der Waals surface area contributed by atoms with Crippen LogP contribution in [0.1, 0.15) is 24.1 Å². The molecule has 3 heterocycles. The lowest BCUT2D eigenvalue weighted by molar-refractivity contribution is 0.565. The van der Waals surface area contributed by atoms with Crippen molar-refractivity contribution in [1.29, 1.82) is 0 Å². The zero-order valence-corrected chi connectivity index (χ0v) is 22.5. The van der Waals surface area contributed by atoms with E-state index in [2.05, 4.69) is 25.4 Å². The summed E-state index contributed by atoms with van der Waals surface area (Å²) in [6, 6.07) is 9.96. The Labute approximate surface area is 230 Å². The van der Waals surface area contributed by atoms with Crippen LogP contribution >= 0.6 is 35.0 Å². The number of aryl methyl sites for hydroxylation is 2. The standard InChI is InChI=1S/C26H20Cl2F2N6OS/c1-3-22-33-13(2)19(34-22)11-31-15-9-16(27)24(17(28)10-15)25-20-5-7-23(35-36(20)12-32-26(25)37)38-21-6-4-14(29)8-18(21)30/h4-10,12,31H,3,11H2,1-2H3,(H,33,34). The molecular formula is C26H20Cl2F2N6OS. The normalized spacial score (nSPS) is 11.3. The fourth-order valence-corrected chi connectivity index (χ4v) is 5.41. The minimum Gasteiger partial charge on any atom is -0.379 e. The number of hydrogen-bond donors (Lipinski definition) is 2. The van der Waals surface area contributed by atoms with Crippen LogP contribution < -0.4 is 10.9 Å². The molecule has 5 aromatic rings. The number of anilines is 1. The van der Waals surface area contributed by atoms with Gasteiger partial charge in [0, 0.05) is 34.3 Å². The maximum absolute atomic E-state index is 14.1. The van der Waals surface area contributed by atoms with Crippen molar-refractivity contribution in [3.05, 3.63) is 98.0 Å². The van der Waals surface area contributed by atoms with Gasteiger partial charge < -0.3 is 10.3 Å². The predicted molar refractivity (Wildman–Crippen MR) is 145 cm³/mol. The second kappa shape index (κ2) is 10.7. The number of fused-ring (bicyclic) bond motifs is 1. The second-order valence-electron chi connectivity index (χ2n) is 8.38. The molecule has 0 aliphatic carbocycles. The van der Waals surface area contributed by atoms with E-state index in [4.69, 9.17) is 23.2 Å². The van der Waals surface area contributed by atoms with Crippen LogP contribution in [0.25, 0.3) is 16.6 Å². The number of aromatic nitrogens is 5. The molecule has 0 bridgehead atoms. The van der Waals surface area contributed by atoms with Crippen molar-refractivity contribution in [1.82, 2.24) is 24.6 Å². The van der Waals surface area contributed by atoms with Crippen molar-refractivity contribution >= 4 is 46.2 Å². The molecule has 194 valence electrons. The van der Waals surface area contributed by atoms with E-state index in [9.17, 15) is 13.6 Å². The minimum absolute atomic E-state index is 0.182. The van der Waals surface area contributed by atoms with Gasteiger partial charge in [0.25, 0.3) is 5.56 Å². The first kappa shape index (κ1) is 26.1. The average molecular weight is 573 g/mol. The molecule has 3 aromatic heterocycles. The molecule has 12 heteroatoms. The number of halogens is 4. The second-order valence-corrected chi connectivity index (χ2v) is 10.3. The molecule has 0 saturated heterocycles. The maximum atomic E-state index is 14.1. The van der Waals surface area contributed by atoms with Gasteiger partial charge in [0.05, 0.1) is 33.4 Å². The van der Waals surface area contributed by atoms with Crippen LogP contribution in [0.5, 0.6) is 0 Å². The summed E-state index contributed by atoms with van der Waals surface area (Å²) in [7, 11) is 0. The zero-order valence-electron chi connectivity index (χ0n) is 20.2. The van der Waals surface area contributed by atoms with Gasteiger partial charge in [0.1, 0.15) is 28.8 Å². The number of benzene rings is 2. The Morgan fingerprint density at radius 3 is 2.53 bits per heavy atom. The van der Waals surface area contributed by atoms with Crippen LogP contribution in [0.2, 0.25) is 10.0 Å². The lowest BCUT2D eigenvalue weighted by Gasteiger charge is -2.13. The molecule has 38 heavy (non-hydrogen) atoms. The first-order chi connectivity index (χ1) is 18.2. The van der Waals surface area contributed by atoms with Gasteiger partial charge in [-0.15, -0.1) is 0 Å². The van der Waals surface area contributed by atoms with E-state index >= 15 is 0 Å². The fraction of sp³-hybridized carbons (Fsp3) is 0.154. The molecule has 0 unspecified atom stereocenters. The third-order valence-electron chi connectivity index (χ3n) is 5.82. The summed E-state index contributed by atoms with van der Waals surface area (Å²) in [5.74, 6) is -0.454. The van der Waals surface area contributed by atoms with Crippen molar-refractivity contribution in [2.75, 3.05) is 5.32 Å². The summed E-state index contributed by atoms with van der Waals surface area (Å²) in [6.07, 6.45) is 2.07. The van der Waals surface area contributed by atoms with Crippen molar-refractivity contribution in [2.45, 2.75) is 36.7 Å². The third kappa shape index (κ3) is 5.24. The number of imidazole rings is 1. The Morgan fingerprint density at radius 1 is 1.08 bits per heavy atom. The molecule has 0 atom stereocenters. The quantitative estimate of drug-likeness (QED) is 0.225. The first-order valence-electron chi connectivity index (χ1n) is 11.5. The van der Waals surface area contributed by atoms with E-state index < -0.39 is 17.2 Å². The number of H-pyrrole nitrogens is 1. The number of nitrogens with one attached hydrogen (secondary N) is 2. The molecule has 2 aromatic carbocycles. The van der Waals surface area contributed by atoms with E-state index in [1.165, 1.54) is 23.0 Å². The first-order valence-corrected chi connectivity index (χ1v) is 13.1. The SMILES string of the molecule is CCc1nc(CNc2cc(Cl)c(-c3c(=O)ncn4nc(Sc5ccc(F)cc5F)ccc34)c(Cl)c2)c(C)[nH]1. The molecule has 0 radical (unpaired) electrons. The lowest BCUT2D eigenvalue weighted by atomic mass is 10.1. The molecule has 0 spiro atoms. The highest BCUT2D eigenvalue weighted by Gasteiger charge is 2.19. The van der Waals surface area contributed by atoms with E-state index in [0.717, 1.165) is 41.5 Å². The Balaban J connectivity index is 1.47. The summed E-state index contributed by atoms with van der Waals surface area (Å²) < 4.78 is 28.7. The van der Waals surface area contributed by atoms with Crippen LogP contribution in [-0.4, -0.2) is 24.6 Å². The van der Waals surface area contributed by atoms with Gasteiger partial charge in [0.2, 0.25) is 0 Å². The molecule has 0 amide bonds. The number of rotatable bonds is 7. The number of aromatic amines is 1. The zero-order chi connectivity index (χ0) is 27.0. The van der Waals surface area contributed by atoms with Crippen molar-refractivity contribution in [3.8, 4) is 11.1 Å². The predicted octanol–water partition coefficient (Wildman–Crippen LogP) is 6.70. The summed E-state index contributed by atoms with van der Waals surface area (Å²) in [5, 5.41) is 8.62. The van der Waals surface area contributed by atoms with Gasteiger partial charge in [-0.2, -0.15) is 10.1 Å². The van der Waals surface area contributed by atoms with Gasteiger partial charge in [-0.3, -0.25) is 4.79 Å². The third-order valence-corrected chi connectivity index (χ3v) is 7.40. The van der Waals surface area contributed by atoms with Gasteiger partial charge in [-0.1, -0.05) is 41.9 Å². The summed E-state index contributed by atoms with van der Waals surface area (Å²) >= 11 is 14.3. The van der Waals surface area contributed by atoms with Crippen molar-refractivity contribution in [3.63, 3.8) is 0 Å². The smallest absolute Gasteiger partial charge is 0.281 e. The van der Waals surface area contributed by atoms with Crippen LogP contribution in [-0.2, 0) is 13.0 Å². The number of hydrogen-bond acceptors (Lipinski definition) is 6. The van der Waals surface area contributed by atoms with E-state index in [1.807, 2.05) is 13.8 Å². The van der Waals surface area contributed by atoms with Crippen LogP contribution in [0.4, 0.5) is 14.5 Å². The molecular weight excluding hydrogens is 553 g/mol. The Kier molecular flexibility index (Phi) is 7.38. The molecule has 2 N–H and O–H groups in total. The van der Waals surface area contributed by atoms with Crippen LogP contribution in [0, 0.1) is 18.6 Å². The molecule has 0 fully saturated rings. The van der Waals surface area contributed by atoms with E-state index in [1.54, 1.807) is 24.3 Å². The fourth-order valence-electron chi connectivity index (χ4n) is 3.95. The molecule has 5 rings (SSSR count). The highest BCUT2D eigenvalue weighted by molar-refractivity contribution is 7.99. The van der Waals surface area contributed by atoms with Gasteiger partial charge >= 0.3 is 0 Å². The Hall–Kier alpha value is -3.47. The summed E-state index contributed by atoms with van der Waals surface area (Å²) in [4.78, 5) is 24.8. The maximum Gasteiger partial charge on any atom is 0.281 e. The molecule has 0 aliphatic heterocycles.